The van der Waals surface area contributed by atoms with Gasteiger partial charge in [0, 0.05) is 31.2 Å². The van der Waals surface area contributed by atoms with Gasteiger partial charge in [0.15, 0.2) is 0 Å². The van der Waals surface area contributed by atoms with E-state index in [9.17, 15) is 29.1 Å². The van der Waals surface area contributed by atoms with Crippen molar-refractivity contribution < 1.29 is 29.1 Å². The van der Waals surface area contributed by atoms with Gasteiger partial charge in [0.1, 0.15) is 18.1 Å². The van der Waals surface area contributed by atoms with Crippen LogP contribution in [0, 0.1) is 0 Å². The molecule has 0 aliphatic heterocycles. The van der Waals surface area contributed by atoms with Crippen molar-refractivity contribution in [1.82, 2.24) is 25.9 Å². The molecular weight excluding hydrogens is 458 g/mol. The minimum atomic E-state index is -1.33. The van der Waals surface area contributed by atoms with Crippen LogP contribution in [0.15, 0.2) is 42.9 Å². The number of nitrogens with one attached hydrogen (secondary N) is 4. The molecule has 3 atom stereocenters. The molecule has 1 aromatic heterocycles. The predicted molar refractivity (Wildman–Crippen MR) is 123 cm³/mol. The predicted octanol–water partition coefficient (Wildman–Crippen LogP) is -2.04. The Morgan fingerprint density at radius 3 is 2.17 bits per heavy atom. The lowest BCUT2D eigenvalue weighted by atomic mass is 10.0. The molecule has 13 heteroatoms. The molecule has 0 aliphatic carbocycles. The highest BCUT2D eigenvalue weighted by molar-refractivity contribution is 5.94. The molecule has 9 N–H and O–H groups in total. The molecule has 0 saturated carbocycles. The third-order valence-corrected chi connectivity index (χ3v) is 5.03. The normalized spacial score (nSPS) is 13.2. The first-order valence-corrected chi connectivity index (χ1v) is 10.8. The summed E-state index contributed by atoms with van der Waals surface area (Å²) in [6.07, 6.45) is 2.40. The third kappa shape index (κ3) is 9.25. The summed E-state index contributed by atoms with van der Waals surface area (Å²) < 4.78 is 0. The largest absolute Gasteiger partial charge is 0.480 e. The van der Waals surface area contributed by atoms with Gasteiger partial charge in [0.25, 0.3) is 0 Å². The van der Waals surface area contributed by atoms with E-state index in [2.05, 4.69) is 25.9 Å². The van der Waals surface area contributed by atoms with Crippen LogP contribution in [0.4, 0.5) is 0 Å². The Morgan fingerprint density at radius 1 is 0.943 bits per heavy atom. The fourth-order valence-corrected chi connectivity index (χ4v) is 3.23. The number of primary amides is 1. The number of aromatic amines is 1. The first kappa shape index (κ1) is 27.0. The quantitative estimate of drug-likeness (QED) is 0.157. The maximum atomic E-state index is 13.0. The first-order valence-electron chi connectivity index (χ1n) is 10.8. The van der Waals surface area contributed by atoms with Crippen molar-refractivity contribution in [2.24, 2.45) is 11.5 Å². The number of imidazole rings is 1. The van der Waals surface area contributed by atoms with E-state index in [1.807, 2.05) is 0 Å². The maximum Gasteiger partial charge on any atom is 0.326 e. The Labute approximate surface area is 201 Å². The minimum absolute atomic E-state index is 0.0826. The van der Waals surface area contributed by atoms with Crippen molar-refractivity contribution in [3.8, 4) is 0 Å². The fourth-order valence-electron chi connectivity index (χ4n) is 3.23. The van der Waals surface area contributed by atoms with Crippen LogP contribution in [0.25, 0.3) is 0 Å². The highest BCUT2D eigenvalue weighted by atomic mass is 16.4. The number of nitrogens with zero attached hydrogens (tertiary/aromatic N) is 1. The van der Waals surface area contributed by atoms with Crippen LogP contribution in [0.5, 0.6) is 0 Å². The van der Waals surface area contributed by atoms with E-state index in [0.29, 0.717) is 5.69 Å². The molecule has 2 aromatic rings. The van der Waals surface area contributed by atoms with E-state index < -0.39 is 47.7 Å². The number of carboxylic acid groups (broad SMARTS) is 1. The Hall–Kier alpha value is -4.26. The fraction of sp³-hybridized carbons (Fsp3) is 0.364. The van der Waals surface area contributed by atoms with Gasteiger partial charge in [-0.25, -0.2) is 9.78 Å². The van der Waals surface area contributed by atoms with E-state index in [4.69, 9.17) is 11.5 Å². The third-order valence-electron chi connectivity index (χ3n) is 5.03. The Kier molecular flexibility index (Phi) is 10.4. The molecule has 3 unspecified atom stereocenters. The summed E-state index contributed by atoms with van der Waals surface area (Å²) in [6.45, 7) is -0.349. The number of H-pyrrole nitrogens is 1. The lowest BCUT2D eigenvalue weighted by Gasteiger charge is -2.24. The SMILES string of the molecule is NCC(=O)NC(Cc1ccccc1)C(=O)NC(CCC(N)=O)C(=O)NC(Cc1cnc[nH]1)C(=O)O. The zero-order valence-corrected chi connectivity index (χ0v) is 18.9. The van der Waals surface area contributed by atoms with E-state index in [-0.39, 0.29) is 32.2 Å². The van der Waals surface area contributed by atoms with Gasteiger partial charge >= 0.3 is 5.97 Å². The zero-order valence-electron chi connectivity index (χ0n) is 18.9. The molecule has 1 aromatic carbocycles. The second kappa shape index (κ2) is 13.4. The zero-order chi connectivity index (χ0) is 25.8. The monoisotopic (exact) mass is 487 g/mol. The molecule has 0 bridgehead atoms. The molecule has 1 heterocycles. The van der Waals surface area contributed by atoms with E-state index >= 15 is 0 Å². The number of hydrogen-bond donors (Lipinski definition) is 7. The summed E-state index contributed by atoms with van der Waals surface area (Å²) in [4.78, 5) is 67.4. The highest BCUT2D eigenvalue weighted by Crippen LogP contribution is 2.07. The van der Waals surface area contributed by atoms with Gasteiger partial charge in [-0.1, -0.05) is 30.3 Å². The average molecular weight is 488 g/mol. The second-order valence-corrected chi connectivity index (χ2v) is 7.76. The Bertz CT molecular complexity index is 1010. The summed E-state index contributed by atoms with van der Waals surface area (Å²) in [5.74, 6) is -4.12. The molecule has 35 heavy (non-hydrogen) atoms. The van der Waals surface area contributed by atoms with Crippen LogP contribution in [-0.4, -0.2) is 69.3 Å². The number of carbonyl (C=O) groups excluding carboxylic acids is 4. The Morgan fingerprint density at radius 2 is 1.60 bits per heavy atom. The summed E-state index contributed by atoms with van der Waals surface area (Å²) in [5, 5.41) is 16.9. The molecular formula is C22H29N7O6. The number of aromatic nitrogens is 2. The lowest BCUT2D eigenvalue weighted by Crippen LogP contribution is -2.57. The first-order chi connectivity index (χ1) is 16.7. The topological polar surface area (TPSA) is 222 Å². The van der Waals surface area contributed by atoms with Crippen LogP contribution in [-0.2, 0) is 36.8 Å². The summed E-state index contributed by atoms with van der Waals surface area (Å²) in [6, 6.07) is 5.17. The minimum Gasteiger partial charge on any atom is -0.480 e. The van der Waals surface area contributed by atoms with E-state index in [1.54, 1.807) is 30.3 Å². The van der Waals surface area contributed by atoms with Crippen LogP contribution in [0.1, 0.15) is 24.1 Å². The molecule has 2 rings (SSSR count). The molecule has 13 nitrogen and oxygen atoms in total. The van der Waals surface area contributed by atoms with E-state index in [0.717, 1.165) is 5.56 Å². The number of hydrogen-bond acceptors (Lipinski definition) is 7. The second-order valence-electron chi connectivity index (χ2n) is 7.76. The van der Waals surface area contributed by atoms with Crippen molar-refractivity contribution in [2.45, 2.75) is 43.8 Å². The molecule has 4 amide bonds. The van der Waals surface area contributed by atoms with Crippen LogP contribution < -0.4 is 27.4 Å². The number of rotatable bonds is 14. The smallest absolute Gasteiger partial charge is 0.326 e. The van der Waals surface area contributed by atoms with E-state index in [1.165, 1.54) is 12.5 Å². The number of carboxylic acids is 1. The number of amides is 4. The lowest BCUT2D eigenvalue weighted by molar-refractivity contribution is -0.142. The van der Waals surface area contributed by atoms with Crippen LogP contribution in [0.2, 0.25) is 0 Å². The van der Waals surface area contributed by atoms with Crippen molar-refractivity contribution in [1.29, 1.82) is 0 Å². The average Bonchev–Trinajstić information content (AvgIpc) is 3.34. The van der Waals surface area contributed by atoms with Gasteiger partial charge in [-0.05, 0) is 12.0 Å². The van der Waals surface area contributed by atoms with Crippen molar-refractivity contribution in [2.75, 3.05) is 6.54 Å². The summed E-state index contributed by atoms with van der Waals surface area (Å²) >= 11 is 0. The van der Waals surface area contributed by atoms with Gasteiger partial charge in [0.2, 0.25) is 23.6 Å². The molecule has 188 valence electrons. The van der Waals surface area contributed by atoms with Crippen molar-refractivity contribution in [3.05, 3.63) is 54.1 Å². The maximum absolute atomic E-state index is 13.0. The van der Waals surface area contributed by atoms with Gasteiger partial charge < -0.3 is 37.5 Å². The van der Waals surface area contributed by atoms with Crippen LogP contribution in [0.3, 0.4) is 0 Å². The molecule has 0 fully saturated rings. The number of aliphatic carboxylic acids is 1. The van der Waals surface area contributed by atoms with Crippen molar-refractivity contribution in [3.63, 3.8) is 0 Å². The molecule has 0 radical (unpaired) electrons. The summed E-state index contributed by atoms with van der Waals surface area (Å²) in [7, 11) is 0. The van der Waals surface area contributed by atoms with Crippen molar-refractivity contribution >= 4 is 29.6 Å². The number of benzene rings is 1. The van der Waals surface area contributed by atoms with Gasteiger partial charge in [-0.2, -0.15) is 0 Å². The highest BCUT2D eigenvalue weighted by Gasteiger charge is 2.30. The Balaban J connectivity index is 2.17. The molecule has 0 aliphatic rings. The van der Waals surface area contributed by atoms with Gasteiger partial charge in [0.05, 0.1) is 12.9 Å². The van der Waals surface area contributed by atoms with Crippen LogP contribution >= 0.6 is 0 Å². The van der Waals surface area contributed by atoms with Gasteiger partial charge in [-0.3, -0.25) is 19.2 Å². The number of nitrogens with two attached hydrogens (primary N) is 2. The molecule has 0 saturated heterocycles. The summed E-state index contributed by atoms with van der Waals surface area (Å²) in [5.41, 5.74) is 11.8. The standard InChI is InChI=1S/C22H29N7O6/c23-10-19(31)27-16(8-13-4-2-1-3-5-13)21(33)28-15(6-7-18(24)30)20(32)29-17(22(34)35)9-14-11-25-12-26-14/h1-5,11-12,15-17H,6-10,23H2,(H2,24,30)(H,25,26)(H,27,31)(H,28,33)(H,29,32)(H,34,35). The molecule has 0 spiro atoms. The van der Waals surface area contributed by atoms with Gasteiger partial charge in [-0.15, -0.1) is 0 Å². The number of carbonyl (C=O) groups is 5.